The van der Waals surface area contributed by atoms with E-state index in [1.807, 2.05) is 62.4 Å². The number of aliphatic hydroxyl groups is 1. The van der Waals surface area contributed by atoms with Gasteiger partial charge in [-0.2, -0.15) is 18.4 Å². The topological polar surface area (TPSA) is 194 Å². The number of aromatic nitrogens is 2. The molecule has 3 fully saturated rings. The van der Waals surface area contributed by atoms with Crippen molar-refractivity contribution in [3.05, 3.63) is 113 Å². The summed E-state index contributed by atoms with van der Waals surface area (Å²) in [6.45, 7) is 13.4. The lowest BCUT2D eigenvalue weighted by Gasteiger charge is -2.35. The van der Waals surface area contributed by atoms with Crippen LogP contribution in [-0.2, 0) is 25.4 Å². The van der Waals surface area contributed by atoms with Crippen LogP contribution in [0, 0.1) is 23.7 Å². The fraction of sp³-hybridized carbons (Fsp3) is 0.407. The summed E-state index contributed by atoms with van der Waals surface area (Å²) in [6, 6.07) is 20.8. The number of nitrogens with zero attached hydrogens (tertiary/aromatic N) is 7. The first kappa shape index (κ1) is 54.1. The molecule has 0 spiro atoms. The van der Waals surface area contributed by atoms with Gasteiger partial charge in [0.15, 0.2) is 11.7 Å². The van der Waals surface area contributed by atoms with Gasteiger partial charge in [-0.3, -0.25) is 24.1 Å². The van der Waals surface area contributed by atoms with Crippen molar-refractivity contribution in [2.45, 2.75) is 110 Å². The summed E-state index contributed by atoms with van der Waals surface area (Å²) >= 11 is 7.25. The second-order valence-electron chi connectivity index (χ2n) is 20.5. The van der Waals surface area contributed by atoms with E-state index in [0.29, 0.717) is 43.2 Å². The molecule has 0 unspecified atom stereocenters. The first-order chi connectivity index (χ1) is 35.4. The molecule has 2 aromatic heterocycles. The number of anilines is 3. The lowest BCUT2D eigenvalue weighted by atomic mass is 9.85. The predicted molar refractivity (Wildman–Crippen MR) is 281 cm³/mol. The average molecular weight is 1070 g/mol. The standard InChI is InChI=1S/C54H58F3N9O7S2/c1-31(33-8-10-34(11-9-33)46-32(2)60-30-75-46)61-48(69)43-25-39(67)28-64(43)49(70)47(52(3,4)5)62-44(68)29-72-41-18-19-45(59-27-41)73-40-20-22-63(23-21-40)36-14-16-37(17-15-36)66-51(74)65(50(71)53(66,6)7)38-13-12-35(26-58)42(24-38)54(55,56)57/h8-19,24,27,30-31,39-40,43,47,67H,20-23,25,28-29H2,1-7H3,(H,61,69)(H,62,68)/t31-,39+,43-,47+/m0/s1. The first-order valence-corrected chi connectivity index (χ1v) is 25.7. The quantitative estimate of drug-likeness (QED) is 0.0904. The molecule has 4 atom stereocenters. The molecule has 394 valence electrons. The van der Waals surface area contributed by atoms with Crippen LogP contribution in [0.1, 0.15) is 89.2 Å². The summed E-state index contributed by atoms with van der Waals surface area (Å²) in [4.78, 5) is 70.9. The fourth-order valence-electron chi connectivity index (χ4n) is 9.56. The number of amides is 4. The number of aliphatic hydroxyl groups excluding tert-OH is 1. The van der Waals surface area contributed by atoms with Crippen molar-refractivity contribution >= 4 is 69.4 Å². The second kappa shape index (κ2) is 21.6. The van der Waals surface area contributed by atoms with Gasteiger partial charge in [-0.05, 0) is 105 Å². The van der Waals surface area contributed by atoms with E-state index < -0.39 is 76.7 Å². The minimum Gasteiger partial charge on any atom is -0.482 e. The van der Waals surface area contributed by atoms with Crippen LogP contribution in [0.4, 0.5) is 30.2 Å². The van der Waals surface area contributed by atoms with Gasteiger partial charge in [0, 0.05) is 56.3 Å². The number of alkyl halides is 3. The van der Waals surface area contributed by atoms with Crippen LogP contribution in [-0.4, -0.2) is 105 Å². The number of ether oxygens (including phenoxy) is 2. The lowest BCUT2D eigenvalue weighted by Crippen LogP contribution is -2.58. The van der Waals surface area contributed by atoms with Crippen LogP contribution < -0.4 is 34.8 Å². The van der Waals surface area contributed by atoms with Gasteiger partial charge in [-0.15, -0.1) is 11.3 Å². The zero-order valence-electron chi connectivity index (χ0n) is 42.5. The smallest absolute Gasteiger partial charge is 0.417 e. The molecule has 3 N–H and O–H groups in total. The predicted octanol–water partition coefficient (Wildman–Crippen LogP) is 8.12. The number of thiazole rings is 1. The van der Waals surface area contributed by atoms with Crippen molar-refractivity contribution in [2.24, 2.45) is 5.41 Å². The Morgan fingerprint density at radius 1 is 0.960 bits per heavy atom. The number of carbonyl (C=O) groups excluding carboxylic acids is 4. The zero-order valence-corrected chi connectivity index (χ0v) is 44.1. The molecule has 0 aliphatic carbocycles. The molecular formula is C54H58F3N9O7S2. The summed E-state index contributed by atoms with van der Waals surface area (Å²) in [5.74, 6) is -1.30. The van der Waals surface area contributed by atoms with E-state index in [1.54, 1.807) is 74.6 Å². The van der Waals surface area contributed by atoms with Gasteiger partial charge in [0.05, 0.1) is 57.3 Å². The monoisotopic (exact) mass is 1070 g/mol. The third-order valence-electron chi connectivity index (χ3n) is 13.7. The molecule has 4 amide bonds. The third-order valence-corrected chi connectivity index (χ3v) is 15.0. The van der Waals surface area contributed by atoms with Gasteiger partial charge >= 0.3 is 6.18 Å². The molecule has 3 aliphatic rings. The Bertz CT molecular complexity index is 2990. The fourth-order valence-corrected chi connectivity index (χ4v) is 10.9. The van der Waals surface area contributed by atoms with Crippen molar-refractivity contribution < 1.29 is 46.9 Å². The largest absolute Gasteiger partial charge is 0.482 e. The highest BCUT2D eigenvalue weighted by Crippen LogP contribution is 2.40. The number of halogens is 3. The highest BCUT2D eigenvalue weighted by Gasteiger charge is 2.51. The molecule has 75 heavy (non-hydrogen) atoms. The molecule has 3 saturated heterocycles. The Hall–Kier alpha value is -7.15. The molecule has 3 aromatic carbocycles. The minimum absolute atomic E-state index is 0.0103. The summed E-state index contributed by atoms with van der Waals surface area (Å²) in [7, 11) is 0. The van der Waals surface area contributed by atoms with Crippen molar-refractivity contribution in [2.75, 3.05) is 40.9 Å². The summed E-state index contributed by atoms with van der Waals surface area (Å²) < 4.78 is 53.4. The number of nitriles is 1. The van der Waals surface area contributed by atoms with Crippen LogP contribution in [0.15, 0.2) is 90.6 Å². The number of aryl methyl sites for hydroxylation is 1. The third kappa shape index (κ3) is 11.7. The Labute approximate surface area is 442 Å². The number of thiocarbonyl (C=S) groups is 1. The summed E-state index contributed by atoms with van der Waals surface area (Å²) in [5.41, 5.74) is 2.36. The van der Waals surface area contributed by atoms with Gasteiger partial charge in [0.1, 0.15) is 29.5 Å². The van der Waals surface area contributed by atoms with Crippen LogP contribution in [0.25, 0.3) is 10.4 Å². The number of pyridine rings is 1. The number of piperidine rings is 1. The Balaban J connectivity index is 0.806. The zero-order chi connectivity index (χ0) is 54.1. The molecule has 5 heterocycles. The molecular weight excluding hydrogens is 1010 g/mol. The average Bonchev–Trinajstić information content (AvgIpc) is 4.04. The number of benzene rings is 3. The van der Waals surface area contributed by atoms with Gasteiger partial charge in [0.25, 0.3) is 11.8 Å². The maximum atomic E-state index is 14.2. The highest BCUT2D eigenvalue weighted by atomic mass is 32.1. The Morgan fingerprint density at radius 2 is 1.63 bits per heavy atom. The van der Waals surface area contributed by atoms with Crippen molar-refractivity contribution in [3.8, 4) is 28.1 Å². The van der Waals surface area contributed by atoms with Gasteiger partial charge < -0.3 is 39.9 Å². The number of hydrogen-bond acceptors (Lipinski definition) is 13. The number of β-amino-alcohol motifs (C(OH)–C–C–N with tert-alkyl or cyclic N) is 1. The first-order valence-electron chi connectivity index (χ1n) is 24.4. The highest BCUT2D eigenvalue weighted by molar-refractivity contribution is 7.81. The molecule has 0 saturated carbocycles. The molecule has 3 aliphatic heterocycles. The molecule has 0 radical (unpaired) electrons. The van der Waals surface area contributed by atoms with Crippen LogP contribution in [0.2, 0.25) is 0 Å². The number of likely N-dealkylation sites (tertiary alicyclic amines) is 1. The van der Waals surface area contributed by atoms with E-state index in [0.717, 1.165) is 44.4 Å². The maximum absolute atomic E-state index is 14.2. The van der Waals surface area contributed by atoms with E-state index >= 15 is 0 Å². The number of rotatable bonds is 14. The van der Waals surface area contributed by atoms with E-state index in [1.165, 1.54) is 17.2 Å². The summed E-state index contributed by atoms with van der Waals surface area (Å²) in [5, 5.41) is 25.8. The van der Waals surface area contributed by atoms with Gasteiger partial charge in [0.2, 0.25) is 17.7 Å². The van der Waals surface area contributed by atoms with Crippen LogP contribution in [0.5, 0.6) is 11.6 Å². The van der Waals surface area contributed by atoms with E-state index in [4.69, 9.17) is 21.7 Å². The molecule has 21 heteroatoms. The van der Waals surface area contributed by atoms with Crippen molar-refractivity contribution in [3.63, 3.8) is 0 Å². The summed E-state index contributed by atoms with van der Waals surface area (Å²) in [6.07, 6.45) is -3.01. The minimum atomic E-state index is -4.81. The SMILES string of the molecule is Cc1ncsc1-c1ccc([C@H](C)NC(=O)[C@@H]2C[C@@H](O)CN2C(=O)[C@@H](NC(=O)COc2ccc(OC3CCN(c4ccc(N5C(=S)N(c6ccc(C#N)c(C(F)(F)F)c6)C(=O)C5(C)C)cc4)CC3)nc2)C(C)(C)C)cc1. The number of hydrogen-bond donors (Lipinski definition) is 3. The van der Waals surface area contributed by atoms with Crippen molar-refractivity contribution in [1.82, 2.24) is 25.5 Å². The number of carbonyl (C=O) groups is 4. The normalized spacial score (nSPS) is 18.9. The number of nitrogens with one attached hydrogen (secondary N) is 2. The second-order valence-corrected chi connectivity index (χ2v) is 21.7. The molecule has 8 rings (SSSR count). The van der Waals surface area contributed by atoms with Crippen LogP contribution in [0.3, 0.4) is 0 Å². The Kier molecular flexibility index (Phi) is 15.6. The van der Waals surface area contributed by atoms with Gasteiger partial charge in [-0.25, -0.2) is 9.97 Å². The lowest BCUT2D eigenvalue weighted by molar-refractivity contribution is -0.144. The van der Waals surface area contributed by atoms with Gasteiger partial charge in [-0.1, -0.05) is 45.0 Å². The van der Waals surface area contributed by atoms with E-state index in [2.05, 4.69) is 25.5 Å². The molecule has 5 aromatic rings. The Morgan fingerprint density at radius 3 is 2.23 bits per heavy atom. The van der Waals surface area contributed by atoms with Crippen LogP contribution >= 0.6 is 23.6 Å². The van der Waals surface area contributed by atoms with E-state index in [-0.39, 0.29) is 35.9 Å². The van der Waals surface area contributed by atoms with E-state index in [9.17, 15) is 42.7 Å². The molecule has 0 bridgehead atoms. The van der Waals surface area contributed by atoms with Crippen molar-refractivity contribution in [1.29, 1.82) is 5.26 Å². The maximum Gasteiger partial charge on any atom is 0.417 e. The molecule has 16 nitrogen and oxygen atoms in total.